The third-order valence-electron chi connectivity index (χ3n) is 4.46. The normalized spacial score (nSPS) is 20.6. The highest BCUT2D eigenvalue weighted by atomic mass is 16.1. The first-order valence-electron chi connectivity index (χ1n) is 7.53. The van der Waals surface area contributed by atoms with Crippen LogP contribution in [0.4, 0.5) is 0 Å². The second kappa shape index (κ2) is 6.88. The van der Waals surface area contributed by atoms with Gasteiger partial charge in [-0.1, -0.05) is 6.92 Å². The second-order valence-electron chi connectivity index (χ2n) is 5.94. The Kier molecular flexibility index (Phi) is 5.17. The lowest BCUT2D eigenvalue weighted by Gasteiger charge is -2.28. The summed E-state index contributed by atoms with van der Waals surface area (Å²) in [4.78, 5) is 12.0. The summed E-state index contributed by atoms with van der Waals surface area (Å²) in [5.41, 5.74) is 2.20. The van der Waals surface area contributed by atoms with Gasteiger partial charge in [0.25, 0.3) is 0 Å². The van der Waals surface area contributed by atoms with E-state index < -0.39 is 0 Å². The number of aromatic nitrogens is 2. The highest BCUT2D eigenvalue weighted by Gasteiger charge is 2.21. The molecule has 5 heteroatoms. The topological polar surface area (TPSA) is 59.0 Å². The lowest BCUT2D eigenvalue weighted by molar-refractivity contribution is -0.122. The molecule has 2 rings (SSSR count). The van der Waals surface area contributed by atoms with Crippen molar-refractivity contribution in [3.63, 3.8) is 0 Å². The molecular weight excluding hydrogens is 252 g/mol. The third kappa shape index (κ3) is 3.82. The second-order valence-corrected chi connectivity index (χ2v) is 5.94. The van der Waals surface area contributed by atoms with E-state index >= 15 is 0 Å². The van der Waals surface area contributed by atoms with Crippen LogP contribution in [0, 0.1) is 18.8 Å². The lowest BCUT2D eigenvalue weighted by Crippen LogP contribution is -2.35. The summed E-state index contributed by atoms with van der Waals surface area (Å²) < 4.78 is 1.83. The van der Waals surface area contributed by atoms with Gasteiger partial charge in [0.05, 0.1) is 6.20 Å². The van der Waals surface area contributed by atoms with Crippen LogP contribution in [-0.2, 0) is 18.4 Å². The Hall–Kier alpha value is -1.36. The first-order valence-corrected chi connectivity index (χ1v) is 7.53. The molecular formula is C15H26N4O. The van der Waals surface area contributed by atoms with Crippen LogP contribution in [0.3, 0.4) is 0 Å². The molecule has 1 aromatic heterocycles. The highest BCUT2D eigenvalue weighted by Crippen LogP contribution is 2.22. The number of piperidine rings is 1. The minimum atomic E-state index is 0.145. The lowest BCUT2D eigenvalue weighted by atomic mass is 9.85. The molecule has 1 saturated heterocycles. The Morgan fingerprint density at radius 3 is 3.05 bits per heavy atom. The minimum Gasteiger partial charge on any atom is -0.352 e. The predicted octanol–water partition coefficient (Wildman–Crippen LogP) is 1.37. The van der Waals surface area contributed by atoms with Crippen molar-refractivity contribution in [2.45, 2.75) is 39.7 Å². The zero-order chi connectivity index (χ0) is 14.5. The highest BCUT2D eigenvalue weighted by molar-refractivity contribution is 5.76. The van der Waals surface area contributed by atoms with Crippen molar-refractivity contribution in [3.05, 3.63) is 17.5 Å². The van der Waals surface area contributed by atoms with Crippen molar-refractivity contribution in [1.29, 1.82) is 0 Å². The third-order valence-corrected chi connectivity index (χ3v) is 4.46. The number of carbonyl (C=O) groups excluding carboxylic acids is 1. The number of nitrogens with zero attached hydrogens (tertiary/aromatic N) is 2. The molecule has 5 nitrogen and oxygen atoms in total. The molecule has 2 unspecified atom stereocenters. The van der Waals surface area contributed by atoms with Crippen molar-refractivity contribution in [2.24, 2.45) is 18.9 Å². The van der Waals surface area contributed by atoms with Crippen molar-refractivity contribution in [3.8, 4) is 0 Å². The van der Waals surface area contributed by atoms with Gasteiger partial charge in [0.15, 0.2) is 0 Å². The number of amides is 1. The first-order chi connectivity index (χ1) is 9.58. The van der Waals surface area contributed by atoms with Gasteiger partial charge in [0.1, 0.15) is 0 Å². The fraction of sp³-hybridized carbons (Fsp3) is 0.733. The molecule has 112 valence electrons. The predicted molar refractivity (Wildman–Crippen MR) is 79.2 cm³/mol. The van der Waals surface area contributed by atoms with E-state index in [0.717, 1.165) is 24.3 Å². The Balaban J connectivity index is 1.76. The van der Waals surface area contributed by atoms with Crippen LogP contribution in [0.2, 0.25) is 0 Å². The van der Waals surface area contributed by atoms with E-state index in [0.29, 0.717) is 24.8 Å². The standard InChI is InChI=1S/C15H26N4O/c1-11(13-5-4-6-16-8-13)7-15(20)17-9-14-10-18-19(3)12(14)2/h10-11,13,16H,4-9H2,1-3H3,(H,17,20). The van der Waals surface area contributed by atoms with Gasteiger partial charge in [-0.15, -0.1) is 0 Å². The maximum atomic E-state index is 12.0. The number of carbonyl (C=O) groups is 1. The zero-order valence-corrected chi connectivity index (χ0v) is 12.8. The largest absolute Gasteiger partial charge is 0.352 e. The van der Waals surface area contributed by atoms with Gasteiger partial charge in [0, 0.05) is 31.3 Å². The zero-order valence-electron chi connectivity index (χ0n) is 12.8. The summed E-state index contributed by atoms with van der Waals surface area (Å²) >= 11 is 0. The summed E-state index contributed by atoms with van der Waals surface area (Å²) in [6.45, 7) is 6.96. The van der Waals surface area contributed by atoms with Gasteiger partial charge in [0.2, 0.25) is 5.91 Å². The van der Waals surface area contributed by atoms with E-state index in [1.165, 1.54) is 12.8 Å². The number of hydrogen-bond donors (Lipinski definition) is 2. The monoisotopic (exact) mass is 278 g/mol. The van der Waals surface area contributed by atoms with Crippen LogP contribution in [0.25, 0.3) is 0 Å². The summed E-state index contributed by atoms with van der Waals surface area (Å²) in [6.07, 6.45) is 4.91. The van der Waals surface area contributed by atoms with E-state index in [1.54, 1.807) is 0 Å². The molecule has 1 amide bonds. The van der Waals surface area contributed by atoms with E-state index in [9.17, 15) is 4.79 Å². The molecule has 1 fully saturated rings. The first kappa shape index (κ1) is 15.0. The fourth-order valence-corrected chi connectivity index (χ4v) is 2.81. The summed E-state index contributed by atoms with van der Waals surface area (Å²) in [7, 11) is 1.92. The molecule has 2 heterocycles. The summed E-state index contributed by atoms with van der Waals surface area (Å²) in [5.74, 6) is 1.22. The van der Waals surface area contributed by atoms with Crippen molar-refractivity contribution >= 4 is 5.91 Å². The van der Waals surface area contributed by atoms with E-state index in [4.69, 9.17) is 0 Å². The molecule has 1 aliphatic heterocycles. The average Bonchev–Trinajstić information content (AvgIpc) is 2.77. The molecule has 1 aliphatic rings. The van der Waals surface area contributed by atoms with Gasteiger partial charge >= 0.3 is 0 Å². The van der Waals surface area contributed by atoms with Crippen LogP contribution >= 0.6 is 0 Å². The van der Waals surface area contributed by atoms with Gasteiger partial charge in [-0.2, -0.15) is 5.10 Å². The fourth-order valence-electron chi connectivity index (χ4n) is 2.81. The van der Waals surface area contributed by atoms with Crippen LogP contribution in [0.15, 0.2) is 6.20 Å². The molecule has 20 heavy (non-hydrogen) atoms. The van der Waals surface area contributed by atoms with E-state index in [2.05, 4.69) is 22.7 Å². The number of nitrogens with one attached hydrogen (secondary N) is 2. The molecule has 0 radical (unpaired) electrons. The quantitative estimate of drug-likeness (QED) is 0.855. The van der Waals surface area contributed by atoms with E-state index in [1.807, 2.05) is 24.9 Å². The van der Waals surface area contributed by atoms with Crippen LogP contribution in [0.5, 0.6) is 0 Å². The summed E-state index contributed by atoms with van der Waals surface area (Å²) in [5, 5.41) is 10.6. The average molecular weight is 278 g/mol. The van der Waals surface area contributed by atoms with E-state index in [-0.39, 0.29) is 5.91 Å². The van der Waals surface area contributed by atoms with Crippen LogP contribution in [0.1, 0.15) is 37.4 Å². The van der Waals surface area contributed by atoms with Gasteiger partial charge in [-0.3, -0.25) is 9.48 Å². The Bertz CT molecular complexity index is 449. The Labute approximate surface area is 121 Å². The Morgan fingerprint density at radius 2 is 2.45 bits per heavy atom. The molecule has 2 atom stereocenters. The maximum absolute atomic E-state index is 12.0. The van der Waals surface area contributed by atoms with Gasteiger partial charge < -0.3 is 10.6 Å². The number of rotatable bonds is 5. The summed E-state index contributed by atoms with van der Waals surface area (Å²) in [6, 6.07) is 0. The van der Waals surface area contributed by atoms with Crippen LogP contribution in [-0.4, -0.2) is 28.8 Å². The number of aryl methyl sites for hydroxylation is 1. The molecule has 0 spiro atoms. The van der Waals surface area contributed by atoms with Crippen molar-refractivity contribution in [1.82, 2.24) is 20.4 Å². The van der Waals surface area contributed by atoms with Gasteiger partial charge in [-0.25, -0.2) is 0 Å². The maximum Gasteiger partial charge on any atom is 0.220 e. The molecule has 2 N–H and O–H groups in total. The molecule has 0 aromatic carbocycles. The Morgan fingerprint density at radius 1 is 1.65 bits per heavy atom. The molecule has 0 saturated carbocycles. The van der Waals surface area contributed by atoms with Crippen molar-refractivity contribution < 1.29 is 4.79 Å². The molecule has 0 aliphatic carbocycles. The molecule has 0 bridgehead atoms. The van der Waals surface area contributed by atoms with Crippen molar-refractivity contribution in [2.75, 3.05) is 13.1 Å². The van der Waals surface area contributed by atoms with Gasteiger partial charge in [-0.05, 0) is 44.7 Å². The number of hydrogen-bond acceptors (Lipinski definition) is 3. The SMILES string of the molecule is Cc1c(CNC(=O)CC(C)C2CCCNC2)cnn1C. The molecule has 1 aromatic rings. The van der Waals surface area contributed by atoms with Crippen LogP contribution < -0.4 is 10.6 Å². The minimum absolute atomic E-state index is 0.145. The smallest absolute Gasteiger partial charge is 0.220 e.